The molecule has 182 valence electrons. The lowest BCUT2D eigenvalue weighted by atomic mass is 10.1. The highest BCUT2D eigenvalue weighted by atomic mass is 35.5. The Morgan fingerprint density at radius 3 is 2.60 bits per heavy atom. The van der Waals surface area contributed by atoms with Gasteiger partial charge in [0.15, 0.2) is 23.2 Å². The third kappa shape index (κ3) is 6.46. The van der Waals surface area contributed by atoms with Crippen molar-refractivity contribution in [2.24, 2.45) is 0 Å². The molecule has 8 nitrogen and oxygen atoms in total. The van der Waals surface area contributed by atoms with Gasteiger partial charge in [0.25, 0.3) is 17.7 Å². The van der Waals surface area contributed by atoms with Crippen molar-refractivity contribution < 1.29 is 23.9 Å². The summed E-state index contributed by atoms with van der Waals surface area (Å²) in [6, 6.07) is 10.4. The van der Waals surface area contributed by atoms with Gasteiger partial charge in [0.1, 0.15) is 5.57 Å². The second-order valence-electron chi connectivity index (χ2n) is 7.49. The third-order valence-electron chi connectivity index (χ3n) is 4.82. The second kappa shape index (κ2) is 11.6. The highest BCUT2D eigenvalue weighted by Crippen LogP contribution is 2.37. The summed E-state index contributed by atoms with van der Waals surface area (Å²) in [6.07, 6.45) is 2.89. The van der Waals surface area contributed by atoms with E-state index in [0.717, 1.165) is 5.56 Å². The van der Waals surface area contributed by atoms with Crippen molar-refractivity contribution in [3.63, 3.8) is 0 Å². The number of hydrogen-bond acceptors (Lipinski definition) is 6. The number of halogens is 1. The Labute approximate surface area is 213 Å². The number of nitrogens with zero attached hydrogens (tertiary/aromatic N) is 1. The second-order valence-corrected chi connectivity index (χ2v) is 8.28. The molecule has 0 unspecified atom stereocenters. The molecule has 1 saturated heterocycles. The Balaban J connectivity index is 1.82. The van der Waals surface area contributed by atoms with Crippen molar-refractivity contribution in [1.82, 2.24) is 10.2 Å². The summed E-state index contributed by atoms with van der Waals surface area (Å²) in [5.74, 6) is -1.12. The topological polar surface area (TPSA) is 97.0 Å². The number of carbonyl (C=O) groups excluding carboxylic acids is 3. The Bertz CT molecular complexity index is 1210. The van der Waals surface area contributed by atoms with E-state index in [1.54, 1.807) is 25.1 Å². The van der Waals surface area contributed by atoms with Crippen LogP contribution in [0.5, 0.6) is 11.5 Å². The average molecular weight is 514 g/mol. The van der Waals surface area contributed by atoms with Crippen LogP contribution in [0.25, 0.3) is 6.08 Å². The van der Waals surface area contributed by atoms with Crippen LogP contribution in [0.1, 0.15) is 18.1 Å². The number of anilines is 1. The molecule has 35 heavy (non-hydrogen) atoms. The largest absolute Gasteiger partial charge is 0.490 e. The highest BCUT2D eigenvalue weighted by Gasteiger charge is 2.32. The summed E-state index contributed by atoms with van der Waals surface area (Å²) in [6.45, 7) is 7.47. The minimum absolute atomic E-state index is 0.0118. The van der Waals surface area contributed by atoms with E-state index in [0.29, 0.717) is 17.9 Å². The molecule has 0 radical (unpaired) electrons. The number of aryl methyl sites for hydroxylation is 1. The van der Waals surface area contributed by atoms with Crippen molar-refractivity contribution in [2.45, 2.75) is 13.8 Å². The molecular formula is C25H24ClN3O5S. The fourth-order valence-corrected chi connectivity index (χ4v) is 3.73. The first kappa shape index (κ1) is 25.9. The number of carbonyl (C=O) groups is 3. The third-order valence-corrected chi connectivity index (χ3v) is 5.43. The van der Waals surface area contributed by atoms with Crippen LogP contribution in [-0.4, -0.2) is 47.5 Å². The first-order valence-corrected chi connectivity index (χ1v) is 11.5. The predicted octanol–water partition coefficient (Wildman–Crippen LogP) is 3.88. The van der Waals surface area contributed by atoms with Gasteiger partial charge in [-0.2, -0.15) is 0 Å². The zero-order valence-electron chi connectivity index (χ0n) is 19.2. The molecule has 0 bridgehead atoms. The number of ether oxygens (including phenoxy) is 2. The van der Waals surface area contributed by atoms with E-state index in [1.165, 1.54) is 23.1 Å². The van der Waals surface area contributed by atoms with Crippen LogP contribution in [0.4, 0.5) is 5.69 Å². The fraction of sp³-hybridized carbons (Fsp3) is 0.200. The molecule has 0 atom stereocenters. The highest BCUT2D eigenvalue weighted by molar-refractivity contribution is 7.80. The molecule has 2 N–H and O–H groups in total. The lowest BCUT2D eigenvalue weighted by Gasteiger charge is -2.27. The number of nitrogens with one attached hydrogen (secondary N) is 2. The van der Waals surface area contributed by atoms with E-state index in [1.807, 2.05) is 19.1 Å². The van der Waals surface area contributed by atoms with Gasteiger partial charge in [0.05, 0.1) is 11.6 Å². The Kier molecular flexibility index (Phi) is 8.62. The number of rotatable bonds is 9. The van der Waals surface area contributed by atoms with Crippen molar-refractivity contribution in [3.8, 4) is 11.5 Å². The van der Waals surface area contributed by atoms with Crippen molar-refractivity contribution >= 4 is 58.4 Å². The normalized spacial score (nSPS) is 14.5. The molecule has 1 heterocycles. The maximum atomic E-state index is 12.8. The van der Waals surface area contributed by atoms with Crippen LogP contribution in [0.3, 0.4) is 0 Å². The van der Waals surface area contributed by atoms with E-state index in [2.05, 4.69) is 17.2 Å². The van der Waals surface area contributed by atoms with Gasteiger partial charge in [-0.15, -0.1) is 6.58 Å². The maximum absolute atomic E-state index is 12.8. The fourth-order valence-electron chi connectivity index (χ4n) is 3.20. The van der Waals surface area contributed by atoms with Crippen LogP contribution < -0.4 is 20.1 Å². The van der Waals surface area contributed by atoms with Crippen LogP contribution in [-0.2, 0) is 14.4 Å². The minimum Gasteiger partial charge on any atom is -0.490 e. The first-order chi connectivity index (χ1) is 16.7. The zero-order chi connectivity index (χ0) is 25.5. The molecule has 3 rings (SSSR count). The lowest BCUT2D eigenvalue weighted by molar-refractivity contribution is -0.128. The van der Waals surface area contributed by atoms with Gasteiger partial charge < -0.3 is 14.8 Å². The Morgan fingerprint density at radius 1 is 1.23 bits per heavy atom. The van der Waals surface area contributed by atoms with E-state index >= 15 is 0 Å². The molecule has 1 aliphatic rings. The van der Waals surface area contributed by atoms with Gasteiger partial charge in [0.2, 0.25) is 0 Å². The van der Waals surface area contributed by atoms with Crippen LogP contribution in [0.15, 0.2) is 54.6 Å². The molecule has 0 aliphatic carbocycles. The predicted molar refractivity (Wildman–Crippen MR) is 139 cm³/mol. The summed E-state index contributed by atoms with van der Waals surface area (Å²) in [7, 11) is 0. The van der Waals surface area contributed by atoms with Crippen LogP contribution >= 0.6 is 23.8 Å². The molecule has 1 fully saturated rings. The van der Waals surface area contributed by atoms with E-state index < -0.39 is 11.8 Å². The van der Waals surface area contributed by atoms with Gasteiger partial charge in [0, 0.05) is 12.2 Å². The summed E-state index contributed by atoms with van der Waals surface area (Å²) in [4.78, 5) is 38.7. The quantitative estimate of drug-likeness (QED) is 0.229. The number of amides is 3. The van der Waals surface area contributed by atoms with E-state index in [-0.39, 0.29) is 46.3 Å². The molecule has 2 aromatic rings. The van der Waals surface area contributed by atoms with Gasteiger partial charge in [-0.3, -0.25) is 24.6 Å². The molecule has 3 amide bonds. The van der Waals surface area contributed by atoms with Crippen LogP contribution in [0.2, 0.25) is 5.02 Å². The Hall–Kier alpha value is -3.69. The molecule has 10 heteroatoms. The summed E-state index contributed by atoms with van der Waals surface area (Å²) in [5, 5.41) is 5.38. The van der Waals surface area contributed by atoms with Gasteiger partial charge >= 0.3 is 0 Å². The Morgan fingerprint density at radius 2 is 1.94 bits per heavy atom. The van der Waals surface area contributed by atoms with Crippen molar-refractivity contribution in [2.75, 3.05) is 25.1 Å². The van der Waals surface area contributed by atoms with Crippen molar-refractivity contribution in [1.29, 1.82) is 0 Å². The standard InChI is InChI=1S/C25H24ClN3O5S/c1-4-10-29-24(32)18(23(31)28-25(29)35)11-16-12-19(26)22(20(13-16)33-5-2)34-14-21(30)27-17-8-6-15(3)7-9-17/h4,6-9,11-13H,1,5,10,14H2,2-3H3,(H,27,30)(H,28,31,35)/b18-11+. The smallest absolute Gasteiger partial charge is 0.265 e. The van der Waals surface area contributed by atoms with E-state index in [9.17, 15) is 14.4 Å². The van der Waals surface area contributed by atoms with Gasteiger partial charge in [-0.1, -0.05) is 35.4 Å². The van der Waals surface area contributed by atoms with Crippen molar-refractivity contribution in [3.05, 3.63) is 70.8 Å². The molecule has 0 saturated carbocycles. The summed E-state index contributed by atoms with van der Waals surface area (Å²) in [5.41, 5.74) is 2.03. The number of hydrogen-bond donors (Lipinski definition) is 2. The average Bonchev–Trinajstić information content (AvgIpc) is 2.80. The van der Waals surface area contributed by atoms with E-state index in [4.69, 9.17) is 33.3 Å². The summed E-state index contributed by atoms with van der Waals surface area (Å²) < 4.78 is 11.3. The van der Waals surface area contributed by atoms with Gasteiger partial charge in [-0.05, 0) is 62.0 Å². The molecule has 0 spiro atoms. The molecule has 1 aliphatic heterocycles. The summed E-state index contributed by atoms with van der Waals surface area (Å²) >= 11 is 11.5. The molecule has 0 aromatic heterocycles. The first-order valence-electron chi connectivity index (χ1n) is 10.7. The van der Waals surface area contributed by atoms with Gasteiger partial charge in [-0.25, -0.2) is 0 Å². The minimum atomic E-state index is -0.623. The molecular weight excluding hydrogens is 490 g/mol. The lowest BCUT2D eigenvalue weighted by Crippen LogP contribution is -2.53. The molecule has 2 aromatic carbocycles. The SMILES string of the molecule is C=CCN1C(=O)/C(=C/c2cc(Cl)c(OCC(=O)Nc3ccc(C)cc3)c(OCC)c2)C(=O)NC1=S. The number of benzene rings is 2. The number of thiocarbonyl (C=S) groups is 1. The monoisotopic (exact) mass is 513 g/mol. The van der Waals surface area contributed by atoms with Crippen LogP contribution in [0, 0.1) is 6.92 Å². The zero-order valence-corrected chi connectivity index (χ0v) is 20.8. The maximum Gasteiger partial charge on any atom is 0.265 e.